The van der Waals surface area contributed by atoms with Gasteiger partial charge in [-0.05, 0) is 37.3 Å². The summed E-state index contributed by atoms with van der Waals surface area (Å²) in [5.74, 6) is -1.27. The van der Waals surface area contributed by atoms with Gasteiger partial charge < -0.3 is 15.2 Å². The highest BCUT2D eigenvalue weighted by Gasteiger charge is 2.22. The zero-order chi connectivity index (χ0) is 16.2. The molecule has 0 aliphatic heterocycles. The van der Waals surface area contributed by atoms with E-state index in [1.165, 1.54) is 4.90 Å². The van der Waals surface area contributed by atoms with Crippen LogP contribution in [0.15, 0.2) is 54.9 Å². The zero-order valence-electron chi connectivity index (χ0n) is 12.6. The Balaban J connectivity index is 1.77. The van der Waals surface area contributed by atoms with E-state index in [1.807, 2.05) is 25.1 Å². The van der Waals surface area contributed by atoms with Crippen LogP contribution in [0, 0.1) is 0 Å². The summed E-state index contributed by atoms with van der Waals surface area (Å²) >= 11 is 0. The number of nitrogens with zero attached hydrogens (tertiary/aromatic N) is 2. The number of para-hydroxylation sites is 1. The van der Waals surface area contributed by atoms with Crippen molar-refractivity contribution in [2.45, 2.75) is 6.92 Å². The van der Waals surface area contributed by atoms with Crippen LogP contribution in [0.4, 0.5) is 11.4 Å². The fourth-order valence-electron chi connectivity index (χ4n) is 2.37. The lowest BCUT2D eigenvalue weighted by atomic mass is 10.2. The molecule has 2 aromatic carbocycles. The topological polar surface area (TPSA) is 78.1 Å². The van der Waals surface area contributed by atoms with Gasteiger partial charge in [0.05, 0.1) is 17.4 Å². The molecule has 0 bridgehead atoms. The van der Waals surface area contributed by atoms with Gasteiger partial charge in [-0.1, -0.05) is 18.2 Å². The van der Waals surface area contributed by atoms with Crippen molar-refractivity contribution >= 4 is 34.2 Å². The second kappa shape index (κ2) is 6.31. The van der Waals surface area contributed by atoms with Crippen LogP contribution >= 0.6 is 0 Å². The number of fused-ring (bicyclic) bond motifs is 1. The smallest absolute Gasteiger partial charge is 0.316 e. The van der Waals surface area contributed by atoms with Gasteiger partial charge in [0.25, 0.3) is 0 Å². The summed E-state index contributed by atoms with van der Waals surface area (Å²) in [6, 6.07) is 14.4. The summed E-state index contributed by atoms with van der Waals surface area (Å²) in [7, 11) is 0. The first-order valence-electron chi connectivity index (χ1n) is 7.30. The van der Waals surface area contributed by atoms with Gasteiger partial charge in [0, 0.05) is 17.9 Å². The summed E-state index contributed by atoms with van der Waals surface area (Å²) < 4.78 is 0. The molecule has 0 unspecified atom stereocenters. The molecule has 1 aromatic heterocycles. The van der Waals surface area contributed by atoms with Crippen molar-refractivity contribution in [2.75, 3.05) is 16.8 Å². The third-order valence-electron chi connectivity index (χ3n) is 3.50. The van der Waals surface area contributed by atoms with E-state index in [2.05, 4.69) is 15.3 Å². The summed E-state index contributed by atoms with van der Waals surface area (Å²) in [4.78, 5) is 33.1. The van der Waals surface area contributed by atoms with E-state index >= 15 is 0 Å². The summed E-state index contributed by atoms with van der Waals surface area (Å²) in [6.45, 7) is 2.24. The molecule has 6 nitrogen and oxygen atoms in total. The van der Waals surface area contributed by atoms with Crippen molar-refractivity contribution in [3.63, 3.8) is 0 Å². The highest BCUT2D eigenvalue weighted by Crippen LogP contribution is 2.17. The average Bonchev–Trinajstić information content (AvgIpc) is 3.04. The fraction of sp³-hybridized carbons (Fsp3) is 0.118. The van der Waals surface area contributed by atoms with E-state index in [-0.39, 0.29) is 0 Å². The largest absolute Gasteiger partial charge is 0.345 e. The van der Waals surface area contributed by atoms with Crippen molar-refractivity contribution in [3.8, 4) is 0 Å². The highest BCUT2D eigenvalue weighted by molar-refractivity contribution is 6.44. The Hall–Kier alpha value is -3.15. The molecule has 0 atom stereocenters. The Morgan fingerprint density at radius 3 is 2.70 bits per heavy atom. The van der Waals surface area contributed by atoms with E-state index in [1.54, 1.807) is 36.7 Å². The third-order valence-corrected chi connectivity index (χ3v) is 3.50. The SMILES string of the molecule is CCN(C(=O)C(=O)Nc1ccc2nc[nH]c2c1)c1ccccc1. The van der Waals surface area contributed by atoms with Crippen LogP contribution in [0.2, 0.25) is 0 Å². The van der Waals surface area contributed by atoms with Gasteiger partial charge in [-0.2, -0.15) is 0 Å². The van der Waals surface area contributed by atoms with Crippen molar-refractivity contribution in [1.82, 2.24) is 9.97 Å². The van der Waals surface area contributed by atoms with Gasteiger partial charge >= 0.3 is 11.8 Å². The molecular weight excluding hydrogens is 292 g/mol. The minimum absolute atomic E-state index is 0.413. The molecule has 3 rings (SSSR count). The Labute approximate surface area is 133 Å². The third kappa shape index (κ3) is 3.06. The molecule has 2 amide bonds. The van der Waals surface area contributed by atoms with Crippen molar-refractivity contribution in [2.24, 2.45) is 0 Å². The quantitative estimate of drug-likeness (QED) is 0.730. The monoisotopic (exact) mass is 308 g/mol. The van der Waals surface area contributed by atoms with Gasteiger partial charge in [0.2, 0.25) is 0 Å². The molecule has 6 heteroatoms. The first-order valence-corrected chi connectivity index (χ1v) is 7.30. The molecule has 2 N–H and O–H groups in total. The second-order valence-corrected chi connectivity index (χ2v) is 4.97. The molecule has 0 aliphatic rings. The van der Waals surface area contributed by atoms with Gasteiger partial charge in [0.15, 0.2) is 0 Å². The van der Waals surface area contributed by atoms with Crippen LogP contribution in [0.25, 0.3) is 11.0 Å². The Bertz CT molecular complexity index is 842. The van der Waals surface area contributed by atoms with Gasteiger partial charge in [-0.3, -0.25) is 9.59 Å². The molecule has 0 radical (unpaired) electrons. The van der Waals surface area contributed by atoms with Crippen molar-refractivity contribution in [1.29, 1.82) is 0 Å². The van der Waals surface area contributed by atoms with E-state index in [0.29, 0.717) is 17.9 Å². The van der Waals surface area contributed by atoms with E-state index in [4.69, 9.17) is 0 Å². The lowest BCUT2D eigenvalue weighted by Crippen LogP contribution is -2.39. The zero-order valence-corrected chi connectivity index (χ0v) is 12.6. The number of nitrogens with one attached hydrogen (secondary N) is 2. The van der Waals surface area contributed by atoms with Gasteiger partial charge in [-0.25, -0.2) is 4.98 Å². The second-order valence-electron chi connectivity index (χ2n) is 4.97. The van der Waals surface area contributed by atoms with Gasteiger partial charge in [0.1, 0.15) is 0 Å². The molecule has 0 saturated carbocycles. The van der Waals surface area contributed by atoms with E-state index < -0.39 is 11.8 Å². The number of aromatic amines is 1. The number of imidazole rings is 1. The number of likely N-dealkylation sites (N-methyl/N-ethyl adjacent to an activating group) is 1. The fourth-order valence-corrected chi connectivity index (χ4v) is 2.37. The van der Waals surface area contributed by atoms with Crippen LogP contribution in [0.5, 0.6) is 0 Å². The molecule has 0 aliphatic carbocycles. The summed E-state index contributed by atoms with van der Waals surface area (Å²) in [5.41, 5.74) is 2.84. The normalized spacial score (nSPS) is 10.5. The Morgan fingerprint density at radius 1 is 1.17 bits per heavy atom. The van der Waals surface area contributed by atoms with Crippen LogP contribution in [-0.2, 0) is 9.59 Å². The maximum Gasteiger partial charge on any atom is 0.316 e. The molecule has 3 aromatic rings. The number of H-pyrrole nitrogens is 1. The average molecular weight is 308 g/mol. The maximum atomic E-state index is 12.4. The molecule has 0 saturated heterocycles. The van der Waals surface area contributed by atoms with Crippen LogP contribution in [-0.4, -0.2) is 28.3 Å². The van der Waals surface area contributed by atoms with E-state index in [9.17, 15) is 9.59 Å². The maximum absolute atomic E-state index is 12.4. The number of anilines is 2. The van der Waals surface area contributed by atoms with E-state index in [0.717, 1.165) is 11.0 Å². The predicted molar refractivity (Wildman–Crippen MR) is 89.2 cm³/mol. The lowest BCUT2D eigenvalue weighted by molar-refractivity contribution is -0.134. The molecular formula is C17H16N4O2. The number of carbonyl (C=O) groups excluding carboxylic acids is 2. The number of rotatable bonds is 3. The molecule has 23 heavy (non-hydrogen) atoms. The minimum atomic E-state index is -0.672. The van der Waals surface area contributed by atoms with Crippen LogP contribution in [0.1, 0.15) is 6.92 Å². The Morgan fingerprint density at radius 2 is 1.96 bits per heavy atom. The number of hydrogen-bond donors (Lipinski definition) is 2. The predicted octanol–water partition coefficient (Wildman–Crippen LogP) is 2.55. The minimum Gasteiger partial charge on any atom is -0.345 e. The molecule has 1 heterocycles. The number of carbonyl (C=O) groups is 2. The lowest BCUT2D eigenvalue weighted by Gasteiger charge is -2.20. The number of amides is 2. The molecule has 0 spiro atoms. The molecule has 116 valence electrons. The van der Waals surface area contributed by atoms with Crippen LogP contribution in [0.3, 0.4) is 0 Å². The van der Waals surface area contributed by atoms with Crippen molar-refractivity contribution in [3.05, 3.63) is 54.9 Å². The van der Waals surface area contributed by atoms with Crippen molar-refractivity contribution < 1.29 is 9.59 Å². The standard InChI is InChI=1S/C17H16N4O2/c1-2-21(13-6-4-3-5-7-13)17(23)16(22)20-12-8-9-14-15(10-12)19-11-18-14/h3-11H,2H2,1H3,(H,18,19)(H,20,22). The van der Waals surface area contributed by atoms with Crippen LogP contribution < -0.4 is 10.2 Å². The number of aromatic nitrogens is 2. The highest BCUT2D eigenvalue weighted by atomic mass is 16.2. The number of benzene rings is 2. The first-order chi connectivity index (χ1) is 11.2. The first kappa shape index (κ1) is 14.8. The number of hydrogen-bond acceptors (Lipinski definition) is 3. The summed E-state index contributed by atoms with van der Waals surface area (Å²) in [6.07, 6.45) is 1.58. The van der Waals surface area contributed by atoms with Gasteiger partial charge in [-0.15, -0.1) is 0 Å². The molecule has 0 fully saturated rings. The Kier molecular flexibility index (Phi) is 4.05. The summed E-state index contributed by atoms with van der Waals surface area (Å²) in [5, 5.41) is 2.63.